The Hall–Kier alpha value is -3.84. The summed E-state index contributed by atoms with van der Waals surface area (Å²) in [7, 11) is 0. The molecule has 0 radical (unpaired) electrons. The van der Waals surface area contributed by atoms with Crippen molar-refractivity contribution in [2.75, 3.05) is 0 Å². The van der Waals surface area contributed by atoms with Gasteiger partial charge in [-0.05, 0) is 80.3 Å². The van der Waals surface area contributed by atoms with Gasteiger partial charge in [0.25, 0.3) is 0 Å². The second-order valence-electron chi connectivity index (χ2n) is 10.8. The summed E-state index contributed by atoms with van der Waals surface area (Å²) in [4.78, 5) is 16.5. The van der Waals surface area contributed by atoms with Crippen molar-refractivity contribution in [3.63, 3.8) is 0 Å². The van der Waals surface area contributed by atoms with E-state index in [0.29, 0.717) is 34.2 Å². The van der Waals surface area contributed by atoms with Crippen molar-refractivity contribution >= 4 is 17.6 Å². The summed E-state index contributed by atoms with van der Waals surface area (Å²) in [5.41, 5.74) is 5.58. The molecule has 0 spiro atoms. The van der Waals surface area contributed by atoms with Crippen LogP contribution in [0.3, 0.4) is 0 Å². The second-order valence-corrected chi connectivity index (χ2v) is 11.2. The van der Waals surface area contributed by atoms with Gasteiger partial charge in [-0.15, -0.1) is 0 Å². The number of nitrogens with zero attached hydrogens (tertiary/aromatic N) is 2. The van der Waals surface area contributed by atoms with Gasteiger partial charge in [0.05, 0.1) is 21.8 Å². The number of ether oxygens (including phenoxy) is 2. The number of fused-ring (bicyclic) bond motifs is 2. The van der Waals surface area contributed by atoms with Gasteiger partial charge in [-0.1, -0.05) is 35.0 Å². The molecule has 1 atom stereocenters. The SMILES string of the molecule is Cc1cccc(Cl)c1-c1noc(C2CC2)c1COc1ccc2c(n1)C(C1CC1)Cc1ccc(C(=O)O)cc1O2. The van der Waals surface area contributed by atoms with Crippen molar-refractivity contribution in [3.8, 4) is 28.6 Å². The Labute approximate surface area is 230 Å². The Morgan fingerprint density at radius 1 is 1.10 bits per heavy atom. The van der Waals surface area contributed by atoms with Crippen molar-refractivity contribution in [1.82, 2.24) is 10.1 Å². The number of hydrogen-bond acceptors (Lipinski definition) is 6. The number of pyridine rings is 1. The first-order valence-corrected chi connectivity index (χ1v) is 13.8. The highest BCUT2D eigenvalue weighted by Gasteiger charge is 2.38. The predicted octanol–water partition coefficient (Wildman–Crippen LogP) is 7.70. The number of carboxylic acids is 1. The van der Waals surface area contributed by atoms with Gasteiger partial charge >= 0.3 is 5.97 Å². The van der Waals surface area contributed by atoms with Crippen molar-refractivity contribution < 1.29 is 23.9 Å². The Morgan fingerprint density at radius 3 is 2.69 bits per heavy atom. The maximum Gasteiger partial charge on any atom is 0.335 e. The minimum atomic E-state index is -0.975. The topological polar surface area (TPSA) is 94.7 Å². The third-order valence-corrected chi connectivity index (χ3v) is 8.28. The number of aromatic nitrogens is 2. The lowest BCUT2D eigenvalue weighted by Gasteiger charge is -2.16. The van der Waals surface area contributed by atoms with E-state index in [-0.39, 0.29) is 18.1 Å². The third-order valence-electron chi connectivity index (χ3n) is 7.97. The summed E-state index contributed by atoms with van der Waals surface area (Å²) in [5, 5.41) is 14.5. The van der Waals surface area contributed by atoms with Crippen molar-refractivity contribution in [2.24, 2.45) is 5.92 Å². The maximum atomic E-state index is 11.5. The zero-order chi connectivity index (χ0) is 26.7. The fourth-order valence-corrected chi connectivity index (χ4v) is 5.88. The lowest BCUT2D eigenvalue weighted by molar-refractivity contribution is 0.0696. The van der Waals surface area contributed by atoms with Crippen LogP contribution in [0, 0.1) is 12.8 Å². The zero-order valence-corrected chi connectivity index (χ0v) is 22.2. The maximum absolute atomic E-state index is 11.5. The predicted molar refractivity (Wildman–Crippen MR) is 145 cm³/mol. The molecule has 2 fully saturated rings. The van der Waals surface area contributed by atoms with Crippen LogP contribution in [0.2, 0.25) is 5.02 Å². The molecule has 1 unspecified atom stereocenters. The smallest absolute Gasteiger partial charge is 0.335 e. The molecule has 1 aliphatic heterocycles. The van der Waals surface area contributed by atoms with Crippen LogP contribution in [0.1, 0.15) is 76.0 Å². The fourth-order valence-electron chi connectivity index (χ4n) is 5.57. The van der Waals surface area contributed by atoms with E-state index in [1.807, 2.05) is 37.3 Å². The Bertz CT molecular complexity index is 1580. The molecule has 39 heavy (non-hydrogen) atoms. The molecule has 198 valence electrons. The summed E-state index contributed by atoms with van der Waals surface area (Å²) >= 11 is 6.59. The molecular formula is C31H27ClN2O5. The Kier molecular flexibility index (Phi) is 5.85. The van der Waals surface area contributed by atoms with Gasteiger partial charge < -0.3 is 19.1 Å². The lowest BCUT2D eigenvalue weighted by Crippen LogP contribution is -2.08. The molecule has 0 bridgehead atoms. The highest BCUT2D eigenvalue weighted by atomic mass is 35.5. The molecule has 0 saturated heterocycles. The number of aryl methyl sites for hydroxylation is 1. The minimum Gasteiger partial charge on any atom is -0.478 e. The number of carboxylic acid groups (broad SMARTS) is 1. The van der Waals surface area contributed by atoms with Crippen molar-refractivity contribution in [3.05, 3.63) is 87.3 Å². The van der Waals surface area contributed by atoms with E-state index in [4.69, 9.17) is 30.6 Å². The molecule has 2 aromatic heterocycles. The van der Waals surface area contributed by atoms with E-state index in [1.165, 1.54) is 0 Å². The first-order chi connectivity index (χ1) is 19.0. The Morgan fingerprint density at radius 2 is 1.95 bits per heavy atom. The summed E-state index contributed by atoms with van der Waals surface area (Å²) < 4.78 is 18.4. The fraction of sp³-hybridized carbons (Fsp3) is 0.323. The van der Waals surface area contributed by atoms with Crippen LogP contribution in [0.4, 0.5) is 0 Å². The normalized spacial score (nSPS) is 18.1. The average Bonchev–Trinajstić information content (AvgIpc) is 3.84. The van der Waals surface area contributed by atoms with Gasteiger partial charge in [-0.2, -0.15) is 0 Å². The molecular weight excluding hydrogens is 516 g/mol. The van der Waals surface area contributed by atoms with E-state index in [1.54, 1.807) is 18.2 Å². The monoisotopic (exact) mass is 542 g/mol. The molecule has 2 aliphatic carbocycles. The summed E-state index contributed by atoms with van der Waals surface area (Å²) in [6, 6.07) is 14.6. The molecule has 7 nitrogen and oxygen atoms in total. The molecule has 2 aromatic carbocycles. The van der Waals surface area contributed by atoms with Crippen LogP contribution in [0.15, 0.2) is 53.1 Å². The molecule has 7 rings (SSSR count). The third kappa shape index (κ3) is 4.55. The average molecular weight is 543 g/mol. The molecule has 3 heterocycles. The van der Waals surface area contributed by atoms with Crippen LogP contribution >= 0.6 is 11.6 Å². The molecule has 4 aromatic rings. The Balaban J connectivity index is 1.21. The molecule has 0 amide bonds. The standard InChI is InChI=1S/C31H27ClN2O5/c1-16-3-2-4-23(32)27(16)29-22(30(39-34-29)18-7-8-18)15-37-26-12-11-24-28(33-26)21(17-5-6-17)13-19-9-10-20(31(35)36)14-25(19)38-24/h2-4,9-12,14,17-18,21H,5-8,13,15H2,1H3,(H,35,36). The number of halogens is 1. The number of carbonyl (C=O) groups is 1. The van der Waals surface area contributed by atoms with Crippen molar-refractivity contribution in [2.45, 2.75) is 57.5 Å². The molecule has 1 N–H and O–H groups in total. The van der Waals surface area contributed by atoms with Crippen molar-refractivity contribution in [1.29, 1.82) is 0 Å². The van der Waals surface area contributed by atoms with Crippen LogP contribution in [0.25, 0.3) is 11.3 Å². The van der Waals surface area contributed by atoms with Gasteiger partial charge in [0.1, 0.15) is 29.6 Å². The largest absolute Gasteiger partial charge is 0.478 e. The van der Waals surface area contributed by atoms with E-state index >= 15 is 0 Å². The van der Waals surface area contributed by atoms with Gasteiger partial charge in [-0.3, -0.25) is 0 Å². The first kappa shape index (κ1) is 24.2. The molecule has 8 heteroatoms. The van der Waals surface area contributed by atoms with E-state index in [9.17, 15) is 9.90 Å². The summed E-state index contributed by atoms with van der Waals surface area (Å²) in [6.45, 7) is 2.28. The number of aromatic carboxylic acids is 1. The lowest BCUT2D eigenvalue weighted by atomic mass is 9.91. The van der Waals surface area contributed by atoms with Gasteiger partial charge in [0.15, 0.2) is 0 Å². The summed E-state index contributed by atoms with van der Waals surface area (Å²) in [6.07, 6.45) is 5.18. The quantitative estimate of drug-likeness (QED) is 0.255. The first-order valence-electron chi connectivity index (χ1n) is 13.4. The zero-order valence-electron chi connectivity index (χ0n) is 21.4. The van der Waals surface area contributed by atoms with Crippen LogP contribution in [0.5, 0.6) is 17.4 Å². The summed E-state index contributed by atoms with van der Waals surface area (Å²) in [5.74, 6) is 2.68. The highest BCUT2D eigenvalue weighted by molar-refractivity contribution is 6.33. The number of rotatable bonds is 7. The minimum absolute atomic E-state index is 0.180. The molecule has 2 saturated carbocycles. The second kappa shape index (κ2) is 9.42. The van der Waals surface area contributed by atoms with E-state index < -0.39 is 5.97 Å². The van der Waals surface area contributed by atoms with Gasteiger partial charge in [0.2, 0.25) is 5.88 Å². The van der Waals surface area contributed by atoms with E-state index in [2.05, 4.69) is 5.16 Å². The molecule has 3 aliphatic rings. The number of hydrogen-bond donors (Lipinski definition) is 1. The van der Waals surface area contributed by atoms with Crippen LogP contribution in [-0.4, -0.2) is 21.2 Å². The van der Waals surface area contributed by atoms with Crippen LogP contribution in [-0.2, 0) is 13.0 Å². The van der Waals surface area contributed by atoms with Gasteiger partial charge in [-0.25, -0.2) is 9.78 Å². The van der Waals surface area contributed by atoms with Gasteiger partial charge in [0, 0.05) is 23.5 Å². The van der Waals surface area contributed by atoms with E-state index in [0.717, 1.165) is 71.5 Å². The highest BCUT2D eigenvalue weighted by Crippen LogP contribution is 2.50. The number of benzene rings is 2. The van der Waals surface area contributed by atoms with Crippen LogP contribution < -0.4 is 9.47 Å².